The minimum absolute atomic E-state index is 0.268. The van der Waals surface area contributed by atoms with Gasteiger partial charge in [-0.2, -0.15) is 0 Å². The minimum Gasteiger partial charge on any atom is -0.396 e. The Labute approximate surface area is 92.5 Å². The van der Waals surface area contributed by atoms with Gasteiger partial charge in [0.05, 0.1) is 0 Å². The molecule has 0 aliphatic heterocycles. The molecule has 1 amide bonds. The quantitative estimate of drug-likeness (QED) is 0.773. The minimum atomic E-state index is 0.268. The number of aliphatic hydroxyl groups is 1. The van der Waals surface area contributed by atoms with E-state index in [1.165, 1.54) is 0 Å². The first-order valence-electron chi connectivity index (χ1n) is 6.05. The first-order chi connectivity index (χ1) is 7.19. The average Bonchev–Trinajstić information content (AvgIpc) is 2.28. The van der Waals surface area contributed by atoms with E-state index in [4.69, 9.17) is 5.11 Å². The smallest absolute Gasteiger partial charge is 0.222 e. The van der Waals surface area contributed by atoms with Crippen LogP contribution in [0.3, 0.4) is 0 Å². The van der Waals surface area contributed by atoms with Gasteiger partial charge in [-0.05, 0) is 38.0 Å². The molecular formula is C12H23NO2. The second kappa shape index (κ2) is 6.11. The highest BCUT2D eigenvalue weighted by Gasteiger charge is 2.25. The maximum atomic E-state index is 11.7. The van der Waals surface area contributed by atoms with E-state index in [-0.39, 0.29) is 5.91 Å². The van der Waals surface area contributed by atoms with E-state index in [1.807, 2.05) is 18.9 Å². The maximum absolute atomic E-state index is 11.7. The zero-order valence-electron chi connectivity index (χ0n) is 9.91. The first-order valence-corrected chi connectivity index (χ1v) is 6.05. The fourth-order valence-electron chi connectivity index (χ4n) is 2.31. The molecule has 1 N–H and O–H groups in total. The van der Waals surface area contributed by atoms with Gasteiger partial charge in [0.2, 0.25) is 5.91 Å². The van der Waals surface area contributed by atoms with E-state index in [0.29, 0.717) is 25.0 Å². The monoisotopic (exact) mass is 213 g/mol. The van der Waals surface area contributed by atoms with Gasteiger partial charge in [0, 0.05) is 26.1 Å². The topological polar surface area (TPSA) is 40.5 Å². The Morgan fingerprint density at radius 2 is 1.93 bits per heavy atom. The molecule has 1 aliphatic rings. The van der Waals surface area contributed by atoms with Gasteiger partial charge in [0.25, 0.3) is 0 Å². The molecule has 0 aromatic heterocycles. The summed E-state index contributed by atoms with van der Waals surface area (Å²) in [6, 6.07) is 0.409. The molecule has 0 aromatic carbocycles. The molecule has 3 heteroatoms. The summed E-state index contributed by atoms with van der Waals surface area (Å²) in [4.78, 5) is 13.6. The summed E-state index contributed by atoms with van der Waals surface area (Å²) in [6.07, 6.45) is 5.82. The van der Waals surface area contributed by atoms with E-state index >= 15 is 0 Å². The van der Waals surface area contributed by atoms with Gasteiger partial charge in [-0.25, -0.2) is 0 Å². The number of carbonyl (C=O) groups is 1. The summed E-state index contributed by atoms with van der Waals surface area (Å²) in [5, 5.41) is 9.03. The van der Waals surface area contributed by atoms with Crippen molar-refractivity contribution >= 4 is 5.91 Å². The Balaban J connectivity index is 2.35. The lowest BCUT2D eigenvalue weighted by Gasteiger charge is -2.34. The number of aliphatic hydroxyl groups excluding tert-OH is 1. The molecule has 0 bridgehead atoms. The highest BCUT2D eigenvalue weighted by atomic mass is 16.3. The molecule has 0 atom stereocenters. The third-order valence-corrected chi connectivity index (χ3v) is 3.48. The summed E-state index contributed by atoms with van der Waals surface area (Å²) in [7, 11) is 1.92. The molecular weight excluding hydrogens is 190 g/mol. The fraction of sp³-hybridized carbons (Fsp3) is 0.917. The van der Waals surface area contributed by atoms with E-state index in [1.54, 1.807) is 0 Å². The lowest BCUT2D eigenvalue weighted by atomic mass is 9.86. The van der Waals surface area contributed by atoms with Crippen LogP contribution in [0.2, 0.25) is 0 Å². The van der Waals surface area contributed by atoms with Crippen molar-refractivity contribution in [2.24, 2.45) is 5.92 Å². The van der Waals surface area contributed by atoms with E-state index in [2.05, 4.69) is 0 Å². The molecule has 0 spiro atoms. The van der Waals surface area contributed by atoms with Crippen LogP contribution in [0.5, 0.6) is 0 Å². The van der Waals surface area contributed by atoms with Crippen molar-refractivity contribution in [3.8, 4) is 0 Å². The predicted octanol–water partition coefficient (Wildman–Crippen LogP) is 1.80. The van der Waals surface area contributed by atoms with Crippen LogP contribution in [0.4, 0.5) is 0 Å². The van der Waals surface area contributed by atoms with Crippen LogP contribution in [0.15, 0.2) is 0 Å². The zero-order chi connectivity index (χ0) is 11.3. The molecule has 1 rings (SSSR count). The Kier molecular flexibility index (Phi) is 5.09. The van der Waals surface area contributed by atoms with Gasteiger partial charge >= 0.3 is 0 Å². The van der Waals surface area contributed by atoms with E-state index < -0.39 is 0 Å². The van der Waals surface area contributed by atoms with Gasteiger partial charge in [0.1, 0.15) is 0 Å². The van der Waals surface area contributed by atoms with Crippen molar-refractivity contribution < 1.29 is 9.90 Å². The first kappa shape index (κ1) is 12.5. The third kappa shape index (κ3) is 3.49. The molecule has 1 aliphatic carbocycles. The Morgan fingerprint density at radius 3 is 2.40 bits per heavy atom. The molecule has 0 saturated heterocycles. The van der Waals surface area contributed by atoms with Crippen LogP contribution >= 0.6 is 0 Å². The third-order valence-electron chi connectivity index (χ3n) is 3.48. The maximum Gasteiger partial charge on any atom is 0.222 e. The molecule has 0 aromatic rings. The molecule has 15 heavy (non-hydrogen) atoms. The summed E-state index contributed by atoms with van der Waals surface area (Å²) in [6.45, 7) is 2.34. The van der Waals surface area contributed by atoms with Crippen molar-refractivity contribution in [1.82, 2.24) is 4.90 Å². The number of rotatable bonds is 4. The number of hydrogen-bond donors (Lipinski definition) is 1. The van der Waals surface area contributed by atoms with Crippen molar-refractivity contribution in [2.75, 3.05) is 13.7 Å². The summed E-state index contributed by atoms with van der Waals surface area (Å²) >= 11 is 0. The van der Waals surface area contributed by atoms with Gasteiger partial charge in [-0.3, -0.25) is 4.79 Å². The molecule has 1 saturated carbocycles. The van der Waals surface area contributed by atoms with Gasteiger partial charge in [-0.15, -0.1) is 0 Å². The Bertz CT molecular complexity index is 198. The van der Waals surface area contributed by atoms with Crippen LogP contribution in [0.1, 0.15) is 45.4 Å². The second-order valence-corrected chi connectivity index (χ2v) is 4.61. The lowest BCUT2D eigenvalue weighted by molar-refractivity contribution is -0.132. The van der Waals surface area contributed by atoms with Crippen LogP contribution in [0.25, 0.3) is 0 Å². The highest BCUT2D eigenvalue weighted by Crippen LogP contribution is 2.26. The van der Waals surface area contributed by atoms with Gasteiger partial charge < -0.3 is 10.0 Å². The number of hydrogen-bond acceptors (Lipinski definition) is 2. The molecule has 0 heterocycles. The van der Waals surface area contributed by atoms with E-state index in [0.717, 1.165) is 32.1 Å². The number of carbonyl (C=O) groups excluding carboxylic acids is 1. The highest BCUT2D eigenvalue weighted by molar-refractivity contribution is 5.76. The van der Waals surface area contributed by atoms with Crippen LogP contribution in [0, 0.1) is 5.92 Å². The predicted molar refractivity (Wildman–Crippen MR) is 60.5 cm³/mol. The molecule has 0 unspecified atom stereocenters. The number of nitrogens with zero attached hydrogens (tertiary/aromatic N) is 1. The second-order valence-electron chi connectivity index (χ2n) is 4.61. The average molecular weight is 213 g/mol. The van der Waals surface area contributed by atoms with Crippen LogP contribution < -0.4 is 0 Å². The standard InChI is InChI=1S/C12H23NO2/c1-3-4-12(15)13(2)11-7-5-10(9-14)6-8-11/h10-11,14H,3-9H2,1-2H3. The summed E-state index contributed by atoms with van der Waals surface area (Å²) in [5.41, 5.74) is 0. The van der Waals surface area contributed by atoms with Crippen LogP contribution in [-0.4, -0.2) is 35.6 Å². The number of amides is 1. The molecule has 3 nitrogen and oxygen atoms in total. The van der Waals surface area contributed by atoms with Gasteiger partial charge in [0.15, 0.2) is 0 Å². The Morgan fingerprint density at radius 1 is 1.33 bits per heavy atom. The van der Waals surface area contributed by atoms with E-state index in [9.17, 15) is 4.79 Å². The fourth-order valence-corrected chi connectivity index (χ4v) is 2.31. The lowest BCUT2D eigenvalue weighted by Crippen LogP contribution is -2.39. The van der Waals surface area contributed by atoms with Crippen LogP contribution in [-0.2, 0) is 4.79 Å². The SMILES string of the molecule is CCCC(=O)N(C)C1CCC(CO)CC1. The zero-order valence-corrected chi connectivity index (χ0v) is 9.91. The van der Waals surface area contributed by atoms with Gasteiger partial charge in [-0.1, -0.05) is 6.92 Å². The van der Waals surface area contributed by atoms with Crippen molar-refractivity contribution in [2.45, 2.75) is 51.5 Å². The Hall–Kier alpha value is -0.570. The normalized spacial score (nSPS) is 26.3. The summed E-state index contributed by atoms with van der Waals surface area (Å²) in [5.74, 6) is 0.737. The molecule has 0 radical (unpaired) electrons. The van der Waals surface area contributed by atoms with Crippen molar-refractivity contribution in [3.05, 3.63) is 0 Å². The summed E-state index contributed by atoms with van der Waals surface area (Å²) < 4.78 is 0. The van der Waals surface area contributed by atoms with Crippen molar-refractivity contribution in [3.63, 3.8) is 0 Å². The molecule has 88 valence electrons. The van der Waals surface area contributed by atoms with Crippen molar-refractivity contribution in [1.29, 1.82) is 0 Å². The largest absolute Gasteiger partial charge is 0.396 e. The molecule has 1 fully saturated rings.